The zero-order valence-electron chi connectivity index (χ0n) is 28.9. The van der Waals surface area contributed by atoms with Gasteiger partial charge in [0.05, 0.1) is 17.6 Å². The van der Waals surface area contributed by atoms with Gasteiger partial charge in [-0.2, -0.15) is 5.10 Å². The second-order valence-corrected chi connectivity index (χ2v) is 13.7. The molecular formula is C43H33ClF2N6O2. The Balaban J connectivity index is 1.32. The molecule has 1 saturated heterocycles. The molecule has 4 heterocycles. The number of amides is 2. The third-order valence-electron chi connectivity index (χ3n) is 9.79. The van der Waals surface area contributed by atoms with Gasteiger partial charge >= 0.3 is 0 Å². The second kappa shape index (κ2) is 14.4. The fraction of sp³-hybridized carbons (Fsp3) is 0.140. The summed E-state index contributed by atoms with van der Waals surface area (Å²) in [6.07, 6.45) is 4.51. The molecule has 1 aliphatic rings. The number of nitrogens with one attached hydrogen (secondary N) is 1. The van der Waals surface area contributed by atoms with Gasteiger partial charge in [-0.1, -0.05) is 109 Å². The van der Waals surface area contributed by atoms with E-state index in [4.69, 9.17) is 16.7 Å². The van der Waals surface area contributed by atoms with Crippen LogP contribution >= 0.6 is 11.6 Å². The molecule has 7 aromatic rings. The van der Waals surface area contributed by atoms with Gasteiger partial charge in [0.15, 0.2) is 5.69 Å². The third-order valence-corrected chi connectivity index (χ3v) is 10.0. The van der Waals surface area contributed by atoms with E-state index in [9.17, 15) is 18.4 Å². The van der Waals surface area contributed by atoms with Crippen LogP contribution < -0.4 is 5.32 Å². The van der Waals surface area contributed by atoms with Crippen molar-refractivity contribution in [2.75, 3.05) is 13.1 Å². The van der Waals surface area contributed by atoms with Crippen LogP contribution in [0.2, 0.25) is 5.15 Å². The van der Waals surface area contributed by atoms with Crippen molar-refractivity contribution in [2.24, 2.45) is 0 Å². The number of rotatable bonds is 9. The average molecular weight is 739 g/mol. The van der Waals surface area contributed by atoms with E-state index in [0.29, 0.717) is 24.0 Å². The number of nitrogens with zero attached hydrogens (tertiary/aromatic N) is 5. The highest BCUT2D eigenvalue weighted by atomic mass is 35.5. The van der Waals surface area contributed by atoms with Crippen molar-refractivity contribution in [3.8, 4) is 11.1 Å². The number of imide groups is 1. The number of hydrogen-bond donors (Lipinski definition) is 1. The lowest BCUT2D eigenvalue weighted by atomic mass is 9.77. The second-order valence-electron chi connectivity index (χ2n) is 13.4. The molecule has 1 fully saturated rings. The Hall–Kier alpha value is -6.10. The molecule has 8 rings (SSSR count). The molecule has 0 bridgehead atoms. The van der Waals surface area contributed by atoms with Crippen LogP contribution in [0.1, 0.15) is 49.5 Å². The quantitative estimate of drug-likeness (QED) is 0.0909. The van der Waals surface area contributed by atoms with Gasteiger partial charge < -0.3 is 0 Å². The van der Waals surface area contributed by atoms with Crippen LogP contribution in [0.4, 0.5) is 8.78 Å². The van der Waals surface area contributed by atoms with Crippen molar-refractivity contribution in [3.63, 3.8) is 0 Å². The van der Waals surface area contributed by atoms with Gasteiger partial charge in [-0.3, -0.25) is 24.8 Å². The van der Waals surface area contributed by atoms with Crippen LogP contribution in [-0.2, 0) is 12.1 Å². The average Bonchev–Trinajstić information content (AvgIpc) is 3.75. The highest BCUT2D eigenvalue weighted by Crippen LogP contribution is 2.43. The molecule has 0 aliphatic carbocycles. The van der Waals surface area contributed by atoms with Crippen molar-refractivity contribution in [1.29, 1.82) is 0 Å². The van der Waals surface area contributed by atoms with E-state index in [0.717, 1.165) is 33.4 Å². The largest absolute Gasteiger partial charge is 0.293 e. The maximum atomic E-state index is 14.3. The van der Waals surface area contributed by atoms with E-state index in [1.165, 1.54) is 18.3 Å². The Morgan fingerprint density at radius 3 is 1.98 bits per heavy atom. The monoisotopic (exact) mass is 738 g/mol. The first-order valence-corrected chi connectivity index (χ1v) is 17.8. The summed E-state index contributed by atoms with van der Waals surface area (Å²) < 4.78 is 29.8. The maximum Gasteiger partial charge on any atom is 0.279 e. The molecule has 8 nitrogen and oxygen atoms in total. The van der Waals surface area contributed by atoms with Gasteiger partial charge in [-0.05, 0) is 58.1 Å². The summed E-state index contributed by atoms with van der Waals surface area (Å²) in [7, 11) is 0. The Labute approximate surface area is 315 Å². The number of carbonyl (C=O) groups is 2. The Kier molecular flexibility index (Phi) is 9.31. The normalized spacial score (nSPS) is 14.3. The minimum atomic E-state index is -2.70. The highest BCUT2D eigenvalue weighted by molar-refractivity contribution is 6.29. The fourth-order valence-corrected chi connectivity index (χ4v) is 7.41. The molecule has 54 heavy (non-hydrogen) atoms. The van der Waals surface area contributed by atoms with Crippen LogP contribution in [0, 0.1) is 0 Å². The van der Waals surface area contributed by atoms with E-state index in [2.05, 4.69) is 15.3 Å². The predicted molar refractivity (Wildman–Crippen MR) is 203 cm³/mol. The lowest BCUT2D eigenvalue weighted by Gasteiger charge is -2.37. The minimum absolute atomic E-state index is 0.0257. The van der Waals surface area contributed by atoms with E-state index in [1.54, 1.807) is 17.3 Å². The van der Waals surface area contributed by atoms with Crippen LogP contribution in [0.3, 0.4) is 0 Å². The van der Waals surface area contributed by atoms with Gasteiger partial charge in [-0.15, -0.1) is 0 Å². The van der Waals surface area contributed by atoms with Crippen LogP contribution in [0.15, 0.2) is 146 Å². The number of carbonyl (C=O) groups excluding carboxylic acids is 2. The van der Waals surface area contributed by atoms with Crippen molar-refractivity contribution in [3.05, 3.63) is 185 Å². The SMILES string of the molecule is O=C(NC(=O)c1nn(C(c2ccccc2)(c2ccccc2)c2ccccc2)c2ccc(-c3cncc(CN4CCC(F)(F)C4)c3)cc12)c1ccc(Cl)nc1. The Morgan fingerprint density at radius 1 is 0.759 bits per heavy atom. The van der Waals surface area contributed by atoms with Gasteiger partial charge in [0.1, 0.15) is 10.7 Å². The fourth-order valence-electron chi connectivity index (χ4n) is 7.30. The molecule has 0 atom stereocenters. The molecule has 11 heteroatoms. The number of pyridine rings is 2. The minimum Gasteiger partial charge on any atom is -0.293 e. The number of alkyl halides is 2. The first-order chi connectivity index (χ1) is 26.2. The molecule has 1 N–H and O–H groups in total. The molecule has 4 aromatic carbocycles. The summed E-state index contributed by atoms with van der Waals surface area (Å²) in [5, 5.41) is 8.32. The van der Waals surface area contributed by atoms with E-state index in [1.807, 2.05) is 120 Å². The van der Waals surface area contributed by atoms with Crippen LogP contribution in [-0.4, -0.2) is 55.5 Å². The summed E-state index contributed by atoms with van der Waals surface area (Å²) in [5.74, 6) is -4.07. The maximum absolute atomic E-state index is 14.3. The van der Waals surface area contributed by atoms with E-state index >= 15 is 0 Å². The third kappa shape index (κ3) is 6.66. The zero-order chi connectivity index (χ0) is 37.3. The molecule has 3 aromatic heterocycles. The summed E-state index contributed by atoms with van der Waals surface area (Å²) >= 11 is 5.95. The molecule has 2 amide bonds. The Bertz CT molecular complexity index is 2360. The summed E-state index contributed by atoms with van der Waals surface area (Å²) in [6.45, 7) is 0.342. The molecule has 268 valence electrons. The van der Waals surface area contributed by atoms with Crippen LogP contribution in [0.25, 0.3) is 22.0 Å². The van der Waals surface area contributed by atoms with Crippen LogP contribution in [0.5, 0.6) is 0 Å². The number of fused-ring (bicyclic) bond motifs is 1. The molecule has 0 unspecified atom stereocenters. The zero-order valence-corrected chi connectivity index (χ0v) is 29.6. The number of benzene rings is 4. The predicted octanol–water partition coefficient (Wildman–Crippen LogP) is 8.40. The molecule has 0 saturated carbocycles. The van der Waals surface area contributed by atoms with Gasteiger partial charge in [0.2, 0.25) is 0 Å². The van der Waals surface area contributed by atoms with Gasteiger partial charge in [0, 0.05) is 49.1 Å². The first-order valence-electron chi connectivity index (χ1n) is 17.4. The summed E-state index contributed by atoms with van der Waals surface area (Å²) in [5.41, 5.74) is 4.70. The van der Waals surface area contributed by atoms with Gasteiger partial charge in [-0.25, -0.2) is 18.4 Å². The lowest BCUT2D eigenvalue weighted by molar-refractivity contribution is 0.0115. The Morgan fingerprint density at radius 2 is 1.41 bits per heavy atom. The summed E-state index contributed by atoms with van der Waals surface area (Å²) in [4.78, 5) is 37.8. The molecular weight excluding hydrogens is 706 g/mol. The molecule has 1 aliphatic heterocycles. The van der Waals surface area contributed by atoms with Crippen molar-refractivity contribution in [1.82, 2.24) is 30.0 Å². The first kappa shape index (κ1) is 35.0. The number of likely N-dealkylation sites (tertiary alicyclic amines) is 1. The van der Waals surface area contributed by atoms with E-state index < -0.39 is 23.3 Å². The smallest absolute Gasteiger partial charge is 0.279 e. The van der Waals surface area contributed by atoms with Crippen molar-refractivity contribution < 1.29 is 18.4 Å². The molecule has 0 radical (unpaired) electrons. The standard InChI is InChI=1S/C43H33ClF2N6O2/c44-38-19-17-31(26-48-38)40(53)49-41(54)39-36-23-30(32-22-29(24-47-25-32)27-51-21-20-42(45,46)28-51)16-18-37(36)52(50-39)43(33-10-4-1-5-11-33,34-12-6-2-7-13-34)35-14-8-3-9-15-35/h1-19,22-26H,20-21,27-28H2,(H,49,53,54). The van der Waals surface area contributed by atoms with E-state index in [-0.39, 0.29) is 29.4 Å². The summed E-state index contributed by atoms with van der Waals surface area (Å²) in [6, 6.07) is 40.5. The number of halogens is 3. The van der Waals surface area contributed by atoms with Crippen molar-refractivity contribution in [2.45, 2.75) is 24.4 Å². The number of aromatic nitrogens is 4. The number of hydrogen-bond acceptors (Lipinski definition) is 6. The molecule has 0 spiro atoms. The topological polar surface area (TPSA) is 93.0 Å². The highest BCUT2D eigenvalue weighted by Gasteiger charge is 2.42. The van der Waals surface area contributed by atoms with Gasteiger partial charge in [0.25, 0.3) is 17.7 Å². The lowest BCUT2D eigenvalue weighted by Crippen LogP contribution is -2.39. The van der Waals surface area contributed by atoms with Crippen molar-refractivity contribution >= 4 is 34.3 Å².